The van der Waals surface area contributed by atoms with Crippen molar-refractivity contribution in [3.05, 3.63) is 28.0 Å². The van der Waals surface area contributed by atoms with E-state index in [-0.39, 0.29) is 0 Å². The third-order valence-electron chi connectivity index (χ3n) is 1.69. The molecule has 0 bridgehead atoms. The van der Waals surface area contributed by atoms with Crippen molar-refractivity contribution in [2.75, 3.05) is 6.54 Å². The quantitative estimate of drug-likeness (QED) is 0.778. The Kier molecular flexibility index (Phi) is 4.19. The predicted molar refractivity (Wildman–Crippen MR) is 61.2 cm³/mol. The van der Waals surface area contributed by atoms with E-state index >= 15 is 0 Å². The molecule has 0 fully saturated rings. The van der Waals surface area contributed by atoms with Gasteiger partial charge in [-0.25, -0.2) is 0 Å². The van der Waals surface area contributed by atoms with Crippen LogP contribution in [0.3, 0.4) is 0 Å². The summed E-state index contributed by atoms with van der Waals surface area (Å²) >= 11 is 1.83. The molecule has 0 aromatic carbocycles. The monoisotopic (exact) mass is 195 g/mol. The van der Waals surface area contributed by atoms with E-state index in [0.717, 1.165) is 6.54 Å². The minimum Gasteiger partial charge on any atom is -0.311 e. The topological polar surface area (TPSA) is 12.0 Å². The highest BCUT2D eigenvalue weighted by molar-refractivity contribution is 7.12. The molecule has 0 radical (unpaired) electrons. The molecular formula is C11H17NS. The Morgan fingerprint density at radius 1 is 1.46 bits per heavy atom. The van der Waals surface area contributed by atoms with Crippen LogP contribution < -0.4 is 5.32 Å². The normalized spacial score (nSPS) is 11.7. The fourth-order valence-corrected chi connectivity index (χ4v) is 1.83. The van der Waals surface area contributed by atoms with E-state index in [0.29, 0.717) is 6.04 Å². The zero-order chi connectivity index (χ0) is 9.68. The summed E-state index contributed by atoms with van der Waals surface area (Å²) in [6, 6.07) is 4.88. The number of hydrogen-bond donors (Lipinski definition) is 1. The Morgan fingerprint density at radius 3 is 2.77 bits per heavy atom. The highest BCUT2D eigenvalue weighted by Crippen LogP contribution is 2.15. The summed E-state index contributed by atoms with van der Waals surface area (Å²) in [7, 11) is 0. The highest BCUT2D eigenvalue weighted by atomic mass is 32.1. The molecule has 1 heterocycles. The lowest BCUT2D eigenvalue weighted by molar-refractivity contribution is 0.633. The number of nitrogens with one attached hydrogen (secondary N) is 1. The van der Waals surface area contributed by atoms with E-state index in [4.69, 9.17) is 0 Å². The van der Waals surface area contributed by atoms with Crippen molar-refractivity contribution in [2.45, 2.75) is 26.8 Å². The Labute approximate surface area is 84.5 Å². The van der Waals surface area contributed by atoms with E-state index in [2.05, 4.69) is 50.4 Å². The van der Waals surface area contributed by atoms with Crippen LogP contribution >= 0.6 is 11.3 Å². The number of hydrogen-bond acceptors (Lipinski definition) is 2. The van der Waals surface area contributed by atoms with Crippen molar-refractivity contribution in [1.82, 2.24) is 5.32 Å². The largest absolute Gasteiger partial charge is 0.311 e. The maximum Gasteiger partial charge on any atom is 0.0270 e. The molecule has 0 atom stereocenters. The first-order chi connectivity index (χ1) is 6.18. The van der Waals surface area contributed by atoms with Gasteiger partial charge >= 0.3 is 0 Å². The zero-order valence-electron chi connectivity index (χ0n) is 8.50. The molecule has 0 spiro atoms. The SMILES string of the molecule is Cc1ccc(C=CCNC(C)C)s1. The molecule has 0 aliphatic rings. The van der Waals surface area contributed by atoms with Crippen LogP contribution in [0.5, 0.6) is 0 Å². The van der Waals surface area contributed by atoms with Crippen LogP contribution in [0.15, 0.2) is 18.2 Å². The van der Waals surface area contributed by atoms with Crippen molar-refractivity contribution >= 4 is 17.4 Å². The molecular weight excluding hydrogens is 178 g/mol. The fraction of sp³-hybridized carbons (Fsp3) is 0.455. The van der Waals surface area contributed by atoms with Crippen LogP contribution in [-0.2, 0) is 0 Å². The summed E-state index contributed by atoms with van der Waals surface area (Å²) in [5.74, 6) is 0. The fourth-order valence-electron chi connectivity index (χ4n) is 1.02. The molecule has 0 unspecified atom stereocenters. The molecule has 0 amide bonds. The summed E-state index contributed by atoms with van der Waals surface area (Å²) < 4.78 is 0. The standard InChI is InChI=1S/C11H17NS/c1-9(2)12-8-4-5-11-7-6-10(3)13-11/h4-7,9,12H,8H2,1-3H3. The molecule has 72 valence electrons. The second-order valence-electron chi connectivity index (χ2n) is 3.41. The number of thiophene rings is 1. The summed E-state index contributed by atoms with van der Waals surface area (Å²) in [5, 5.41) is 3.34. The summed E-state index contributed by atoms with van der Waals surface area (Å²) in [6.07, 6.45) is 4.35. The Hall–Kier alpha value is -0.600. The second kappa shape index (κ2) is 5.20. The number of aryl methyl sites for hydroxylation is 1. The van der Waals surface area contributed by atoms with Gasteiger partial charge in [-0.3, -0.25) is 0 Å². The first kappa shape index (κ1) is 10.5. The van der Waals surface area contributed by atoms with Gasteiger partial charge in [0, 0.05) is 22.3 Å². The summed E-state index contributed by atoms with van der Waals surface area (Å²) in [5.41, 5.74) is 0. The van der Waals surface area contributed by atoms with Crippen molar-refractivity contribution in [3.8, 4) is 0 Å². The van der Waals surface area contributed by atoms with Gasteiger partial charge < -0.3 is 5.32 Å². The average molecular weight is 195 g/mol. The second-order valence-corrected chi connectivity index (χ2v) is 4.73. The lowest BCUT2D eigenvalue weighted by atomic mass is 10.3. The van der Waals surface area contributed by atoms with Crippen LogP contribution in [0.1, 0.15) is 23.6 Å². The van der Waals surface area contributed by atoms with Gasteiger partial charge in [0.25, 0.3) is 0 Å². The van der Waals surface area contributed by atoms with E-state index in [1.807, 2.05) is 11.3 Å². The lowest BCUT2D eigenvalue weighted by Crippen LogP contribution is -2.22. The van der Waals surface area contributed by atoms with Gasteiger partial charge in [0.2, 0.25) is 0 Å². The Morgan fingerprint density at radius 2 is 2.23 bits per heavy atom. The molecule has 1 aromatic rings. The van der Waals surface area contributed by atoms with Crippen LogP contribution in [0.2, 0.25) is 0 Å². The zero-order valence-corrected chi connectivity index (χ0v) is 9.32. The van der Waals surface area contributed by atoms with Crippen molar-refractivity contribution < 1.29 is 0 Å². The van der Waals surface area contributed by atoms with Gasteiger partial charge in [-0.1, -0.05) is 19.9 Å². The lowest BCUT2D eigenvalue weighted by Gasteiger charge is -2.02. The van der Waals surface area contributed by atoms with Gasteiger partial charge in [0.05, 0.1) is 0 Å². The summed E-state index contributed by atoms with van der Waals surface area (Å²) in [4.78, 5) is 2.71. The highest BCUT2D eigenvalue weighted by Gasteiger charge is 1.90. The molecule has 1 nitrogen and oxygen atoms in total. The van der Waals surface area contributed by atoms with E-state index < -0.39 is 0 Å². The Balaban J connectivity index is 2.32. The molecule has 1 N–H and O–H groups in total. The van der Waals surface area contributed by atoms with E-state index in [1.54, 1.807) is 0 Å². The van der Waals surface area contributed by atoms with E-state index in [1.165, 1.54) is 9.75 Å². The smallest absolute Gasteiger partial charge is 0.0270 e. The van der Waals surface area contributed by atoms with E-state index in [9.17, 15) is 0 Å². The maximum atomic E-state index is 3.34. The molecule has 0 aliphatic heterocycles. The van der Waals surface area contributed by atoms with Crippen molar-refractivity contribution in [1.29, 1.82) is 0 Å². The minimum absolute atomic E-state index is 0.565. The van der Waals surface area contributed by atoms with Crippen molar-refractivity contribution in [3.63, 3.8) is 0 Å². The van der Waals surface area contributed by atoms with Gasteiger partial charge in [-0.2, -0.15) is 0 Å². The molecule has 13 heavy (non-hydrogen) atoms. The van der Waals surface area contributed by atoms with Crippen LogP contribution in [0.4, 0.5) is 0 Å². The molecule has 0 saturated heterocycles. The first-order valence-electron chi connectivity index (χ1n) is 4.65. The molecule has 1 aromatic heterocycles. The molecule has 1 rings (SSSR count). The Bertz CT molecular complexity index is 273. The predicted octanol–water partition coefficient (Wildman–Crippen LogP) is 3.07. The molecule has 0 saturated carbocycles. The van der Waals surface area contributed by atoms with Gasteiger partial charge in [0.1, 0.15) is 0 Å². The van der Waals surface area contributed by atoms with Crippen molar-refractivity contribution in [2.24, 2.45) is 0 Å². The minimum atomic E-state index is 0.565. The number of rotatable bonds is 4. The molecule has 0 aliphatic carbocycles. The first-order valence-corrected chi connectivity index (χ1v) is 5.46. The maximum absolute atomic E-state index is 3.34. The molecule has 2 heteroatoms. The van der Waals surface area contributed by atoms with Crippen LogP contribution in [0.25, 0.3) is 6.08 Å². The van der Waals surface area contributed by atoms with Crippen LogP contribution in [-0.4, -0.2) is 12.6 Å². The van der Waals surface area contributed by atoms with Crippen LogP contribution in [0, 0.1) is 6.92 Å². The van der Waals surface area contributed by atoms with Gasteiger partial charge in [0.15, 0.2) is 0 Å². The third-order valence-corrected chi connectivity index (χ3v) is 2.65. The van der Waals surface area contributed by atoms with Gasteiger partial charge in [-0.15, -0.1) is 11.3 Å². The average Bonchev–Trinajstić information content (AvgIpc) is 2.45. The van der Waals surface area contributed by atoms with Gasteiger partial charge in [-0.05, 0) is 25.1 Å². The third kappa shape index (κ3) is 4.25. The summed E-state index contributed by atoms with van der Waals surface area (Å²) in [6.45, 7) is 7.40.